The molecule has 0 aliphatic carbocycles. The highest BCUT2D eigenvalue weighted by atomic mass is 16.6. The molecule has 32 heavy (non-hydrogen) atoms. The van der Waals surface area contributed by atoms with Crippen LogP contribution in [0.15, 0.2) is 18.3 Å². The summed E-state index contributed by atoms with van der Waals surface area (Å²) in [6.07, 6.45) is 3.03. The summed E-state index contributed by atoms with van der Waals surface area (Å²) < 4.78 is 6.80. The average Bonchev–Trinajstić information content (AvgIpc) is 2.96. The van der Waals surface area contributed by atoms with Crippen LogP contribution in [0.5, 0.6) is 0 Å². The molecule has 174 valence electrons. The van der Waals surface area contributed by atoms with Crippen LogP contribution in [0.25, 0.3) is 11.8 Å². The van der Waals surface area contributed by atoms with Crippen molar-refractivity contribution in [3.63, 3.8) is 0 Å². The highest BCUT2D eigenvalue weighted by Gasteiger charge is 2.22. The van der Waals surface area contributed by atoms with Crippen LogP contribution in [0.4, 0.5) is 16.3 Å². The second-order valence-corrected chi connectivity index (χ2v) is 9.81. The fourth-order valence-corrected chi connectivity index (χ4v) is 4.20. The van der Waals surface area contributed by atoms with Gasteiger partial charge in [-0.15, -0.1) is 0 Å². The van der Waals surface area contributed by atoms with E-state index in [4.69, 9.17) is 16.2 Å². The zero-order chi connectivity index (χ0) is 23.8. The number of nitrogens with two attached hydrogens (primary N) is 2. The van der Waals surface area contributed by atoms with Crippen molar-refractivity contribution in [2.45, 2.75) is 47.1 Å². The number of piperazine rings is 1. The Kier molecular flexibility index (Phi) is 6.60. The Hall–Kier alpha value is -2.93. The first-order chi connectivity index (χ1) is 14.9. The van der Waals surface area contributed by atoms with Crippen molar-refractivity contribution in [2.24, 2.45) is 5.73 Å². The molecule has 0 atom stereocenters. The summed E-state index contributed by atoms with van der Waals surface area (Å²) in [5.74, 6) is 0.321. The molecular weight excluding hydrogens is 402 g/mol. The molecule has 2 heterocycles. The van der Waals surface area contributed by atoms with E-state index in [0.717, 1.165) is 42.9 Å². The quantitative estimate of drug-likeness (QED) is 0.752. The van der Waals surface area contributed by atoms with E-state index in [9.17, 15) is 4.79 Å². The van der Waals surface area contributed by atoms with E-state index in [2.05, 4.69) is 42.8 Å². The normalized spacial score (nSPS) is 15.8. The molecule has 7 nitrogen and oxygen atoms in total. The SMILES string of the molecule is Cc1cn(C(=O)OC(C)(C)C)c(N)c1/C=C(\N)c1cc(C)c(N2CCN(C)CC2)c(C)c1. The van der Waals surface area contributed by atoms with Crippen molar-refractivity contribution in [2.75, 3.05) is 43.9 Å². The molecule has 4 N–H and O–H groups in total. The van der Waals surface area contributed by atoms with Gasteiger partial charge < -0.3 is 26.0 Å². The molecule has 1 aromatic heterocycles. The zero-order valence-corrected chi connectivity index (χ0v) is 20.5. The van der Waals surface area contributed by atoms with Gasteiger partial charge in [-0.2, -0.15) is 0 Å². The minimum absolute atomic E-state index is 0.321. The van der Waals surface area contributed by atoms with Crippen molar-refractivity contribution in [1.29, 1.82) is 0 Å². The first-order valence-electron chi connectivity index (χ1n) is 11.1. The first-order valence-corrected chi connectivity index (χ1v) is 11.1. The van der Waals surface area contributed by atoms with Crippen LogP contribution in [0, 0.1) is 20.8 Å². The lowest BCUT2D eigenvalue weighted by molar-refractivity contribution is 0.0541. The number of aryl methyl sites for hydroxylation is 3. The molecule has 0 radical (unpaired) electrons. The van der Waals surface area contributed by atoms with Gasteiger partial charge in [-0.3, -0.25) is 0 Å². The Balaban J connectivity index is 1.90. The fourth-order valence-electron chi connectivity index (χ4n) is 4.20. The number of hydrogen-bond acceptors (Lipinski definition) is 6. The third-order valence-corrected chi connectivity index (χ3v) is 5.82. The maximum absolute atomic E-state index is 12.5. The van der Waals surface area contributed by atoms with Gasteiger partial charge in [0.2, 0.25) is 0 Å². The number of hydrogen-bond donors (Lipinski definition) is 2. The lowest BCUT2D eigenvalue weighted by Crippen LogP contribution is -2.45. The Morgan fingerprint density at radius 2 is 1.59 bits per heavy atom. The van der Waals surface area contributed by atoms with Crippen LogP contribution in [-0.4, -0.2) is 54.4 Å². The predicted molar refractivity (Wildman–Crippen MR) is 133 cm³/mol. The van der Waals surface area contributed by atoms with Gasteiger partial charge in [0.05, 0.1) is 0 Å². The second kappa shape index (κ2) is 8.90. The molecule has 1 saturated heterocycles. The number of benzene rings is 1. The van der Waals surface area contributed by atoms with Crippen LogP contribution in [0.1, 0.15) is 48.6 Å². The Morgan fingerprint density at radius 3 is 2.12 bits per heavy atom. The Labute approximate surface area is 191 Å². The van der Waals surface area contributed by atoms with Crippen LogP contribution in [0.3, 0.4) is 0 Å². The van der Waals surface area contributed by atoms with Crippen molar-refractivity contribution < 1.29 is 9.53 Å². The number of rotatable bonds is 3. The van der Waals surface area contributed by atoms with Crippen molar-refractivity contribution >= 4 is 29.4 Å². The van der Waals surface area contributed by atoms with Crippen molar-refractivity contribution in [1.82, 2.24) is 9.47 Å². The number of carbonyl (C=O) groups is 1. The zero-order valence-electron chi connectivity index (χ0n) is 20.5. The van der Waals surface area contributed by atoms with Crippen LogP contribution < -0.4 is 16.4 Å². The summed E-state index contributed by atoms with van der Waals surface area (Å²) in [5, 5.41) is 0. The molecule has 0 unspecified atom stereocenters. The van der Waals surface area contributed by atoms with Crippen LogP contribution in [0.2, 0.25) is 0 Å². The van der Waals surface area contributed by atoms with Gasteiger partial charge in [-0.25, -0.2) is 9.36 Å². The largest absolute Gasteiger partial charge is 0.443 e. The van der Waals surface area contributed by atoms with E-state index in [1.54, 1.807) is 6.20 Å². The van der Waals surface area contributed by atoms with Crippen molar-refractivity contribution in [3.8, 4) is 0 Å². The van der Waals surface area contributed by atoms with E-state index in [1.807, 2.05) is 33.8 Å². The highest BCUT2D eigenvalue weighted by Crippen LogP contribution is 2.31. The van der Waals surface area contributed by atoms with Gasteiger partial charge >= 0.3 is 6.09 Å². The first kappa shape index (κ1) is 23.7. The molecule has 0 bridgehead atoms. The molecule has 0 saturated carbocycles. The summed E-state index contributed by atoms with van der Waals surface area (Å²) in [7, 11) is 2.16. The summed E-state index contributed by atoms with van der Waals surface area (Å²) in [4.78, 5) is 17.3. The minimum atomic E-state index is -0.600. The number of nitrogen functional groups attached to an aromatic ring is 1. The Bertz CT molecular complexity index is 1010. The summed E-state index contributed by atoms with van der Waals surface area (Å²) in [5.41, 5.74) is 19.0. The summed E-state index contributed by atoms with van der Waals surface area (Å²) in [6.45, 7) is 15.8. The van der Waals surface area contributed by atoms with E-state index in [0.29, 0.717) is 11.5 Å². The second-order valence-electron chi connectivity index (χ2n) is 9.81. The van der Waals surface area contributed by atoms with Gasteiger partial charge in [-0.1, -0.05) is 0 Å². The lowest BCUT2D eigenvalue weighted by Gasteiger charge is -2.36. The van der Waals surface area contributed by atoms with E-state index >= 15 is 0 Å². The van der Waals surface area contributed by atoms with Crippen molar-refractivity contribution in [3.05, 3.63) is 46.1 Å². The number of nitrogens with zero attached hydrogens (tertiary/aromatic N) is 3. The monoisotopic (exact) mass is 439 g/mol. The summed E-state index contributed by atoms with van der Waals surface area (Å²) >= 11 is 0. The predicted octanol–water partition coefficient (Wildman–Crippen LogP) is 3.99. The average molecular weight is 440 g/mol. The molecule has 1 aliphatic heterocycles. The fraction of sp³-hybridized carbons (Fsp3) is 0.480. The summed E-state index contributed by atoms with van der Waals surface area (Å²) in [6, 6.07) is 4.26. The topological polar surface area (TPSA) is 89.7 Å². The number of aromatic nitrogens is 1. The third-order valence-electron chi connectivity index (χ3n) is 5.82. The van der Waals surface area contributed by atoms with E-state index in [1.165, 1.54) is 21.4 Å². The van der Waals surface area contributed by atoms with E-state index in [-0.39, 0.29) is 0 Å². The van der Waals surface area contributed by atoms with E-state index < -0.39 is 11.7 Å². The molecule has 1 aliphatic rings. The standard InChI is InChI=1S/C25H37N5O2/c1-16-12-19(13-17(2)22(16)29-10-8-28(7)9-11-29)21(26)14-20-18(3)15-30(23(20)27)24(31)32-25(4,5)6/h12-15H,8-11,26-27H2,1-7H3/b21-14-. The number of carbonyl (C=O) groups excluding carboxylic acids is 1. The van der Waals surface area contributed by atoms with Gasteiger partial charge in [-0.05, 0) is 89.1 Å². The maximum Gasteiger partial charge on any atom is 0.420 e. The molecule has 2 aromatic rings. The van der Waals surface area contributed by atoms with Gasteiger partial charge in [0, 0.05) is 49.3 Å². The maximum atomic E-state index is 12.5. The number of likely N-dealkylation sites (N-methyl/N-ethyl adjacent to an activating group) is 1. The van der Waals surface area contributed by atoms with Gasteiger partial charge in [0.1, 0.15) is 11.4 Å². The molecule has 3 rings (SSSR count). The molecule has 1 fully saturated rings. The molecule has 1 aromatic carbocycles. The number of ether oxygens (including phenoxy) is 1. The smallest absolute Gasteiger partial charge is 0.420 e. The molecule has 7 heteroatoms. The van der Waals surface area contributed by atoms with Crippen LogP contribution >= 0.6 is 0 Å². The van der Waals surface area contributed by atoms with Crippen LogP contribution in [-0.2, 0) is 4.74 Å². The molecule has 0 spiro atoms. The molecular formula is C25H37N5O2. The van der Waals surface area contributed by atoms with Gasteiger partial charge in [0.15, 0.2) is 0 Å². The third kappa shape index (κ3) is 5.10. The highest BCUT2D eigenvalue weighted by molar-refractivity contribution is 5.88. The Morgan fingerprint density at radius 1 is 1.03 bits per heavy atom. The number of anilines is 2. The lowest BCUT2D eigenvalue weighted by atomic mass is 9.99. The molecule has 0 amide bonds. The van der Waals surface area contributed by atoms with Gasteiger partial charge in [0.25, 0.3) is 0 Å². The minimum Gasteiger partial charge on any atom is -0.443 e.